The first kappa shape index (κ1) is 30.0. The molecule has 8 nitrogen and oxygen atoms in total. The van der Waals surface area contributed by atoms with Crippen molar-refractivity contribution in [2.24, 2.45) is 0 Å². The van der Waals surface area contributed by atoms with Crippen molar-refractivity contribution in [2.75, 3.05) is 26.2 Å². The molecule has 2 saturated heterocycles. The number of likely N-dealkylation sites (tertiary alicyclic amines) is 1. The molecule has 0 radical (unpaired) electrons. The summed E-state index contributed by atoms with van der Waals surface area (Å²) in [4.78, 5) is 38.0. The van der Waals surface area contributed by atoms with Crippen LogP contribution in [0.1, 0.15) is 69.5 Å². The quantitative estimate of drug-likeness (QED) is 0.419. The zero-order valence-electron chi connectivity index (χ0n) is 24.7. The molecule has 1 N–H and O–H groups in total. The molecule has 1 spiro atoms. The molecule has 2 amide bonds. The third kappa shape index (κ3) is 6.01. The normalized spacial score (nSPS) is 22.7. The van der Waals surface area contributed by atoms with E-state index < -0.39 is 17.7 Å². The summed E-state index contributed by atoms with van der Waals surface area (Å²) in [7, 11) is 0. The van der Waals surface area contributed by atoms with Crippen LogP contribution in [0.25, 0.3) is 5.65 Å². The molecular weight excluding hydrogens is 574 g/mol. The van der Waals surface area contributed by atoms with Crippen LogP contribution in [-0.4, -0.2) is 73.9 Å². The molecule has 0 bridgehead atoms. The van der Waals surface area contributed by atoms with Gasteiger partial charge in [0.25, 0.3) is 5.56 Å². The number of amides is 2. The third-order valence-corrected chi connectivity index (χ3v) is 9.67. The molecule has 2 aliphatic heterocycles. The summed E-state index contributed by atoms with van der Waals surface area (Å²) in [6.45, 7) is 6.66. The standard InChI is InChI=1S/C32H39ClF2N6O2/c1-21(2)37-25-8-12-40(28(17-25)26-16-24(34)5-6-27(26)35)31(43)38-13-14-39(32(20-38)9-3-4-10-32)19-22-18-36-29-15-23(33)7-11-41(29)30(22)42/h5-7,11,15-16,18,21,25,28,37H,3-4,8-10,12-14,17,19-20H2,1-2H3/t25-,28+/m1/s1. The number of halogens is 3. The van der Waals surface area contributed by atoms with Gasteiger partial charge >= 0.3 is 6.03 Å². The van der Waals surface area contributed by atoms with Crippen molar-refractivity contribution in [1.82, 2.24) is 29.4 Å². The molecular formula is C32H39ClF2N6O2. The maximum atomic E-state index is 15.1. The van der Waals surface area contributed by atoms with E-state index in [0.717, 1.165) is 44.2 Å². The SMILES string of the molecule is CC(C)N[C@@H]1CCN(C(=O)N2CCN(Cc3cnc4cc(Cl)ccn4c3=O)C3(CCCC3)C2)[C@H](c2cc(F)ccc2F)C1. The zero-order valence-corrected chi connectivity index (χ0v) is 25.5. The third-order valence-electron chi connectivity index (χ3n) is 9.44. The fourth-order valence-corrected chi connectivity index (χ4v) is 7.55. The minimum atomic E-state index is -0.567. The summed E-state index contributed by atoms with van der Waals surface area (Å²) in [6.07, 6.45) is 8.50. The largest absolute Gasteiger partial charge is 0.321 e. The first-order chi connectivity index (χ1) is 20.6. The lowest BCUT2D eigenvalue weighted by Gasteiger charge is -2.51. The number of hydrogen-bond acceptors (Lipinski definition) is 5. The molecule has 2 atom stereocenters. The first-order valence-corrected chi connectivity index (χ1v) is 15.7. The highest BCUT2D eigenvalue weighted by atomic mass is 35.5. The van der Waals surface area contributed by atoms with Gasteiger partial charge in [0.05, 0.1) is 11.6 Å². The summed E-state index contributed by atoms with van der Waals surface area (Å²) < 4.78 is 30.9. The summed E-state index contributed by atoms with van der Waals surface area (Å²) in [5.41, 5.74) is 0.961. The van der Waals surface area contributed by atoms with Crippen molar-refractivity contribution in [2.45, 2.75) is 82.6 Å². The summed E-state index contributed by atoms with van der Waals surface area (Å²) in [5.74, 6) is -1.01. The molecule has 3 aromatic rings. The van der Waals surface area contributed by atoms with E-state index in [2.05, 4.69) is 29.0 Å². The second-order valence-electron chi connectivity index (χ2n) is 12.6. The Morgan fingerprint density at radius 1 is 1.14 bits per heavy atom. The van der Waals surface area contributed by atoms with Crippen molar-refractivity contribution >= 4 is 23.3 Å². The molecule has 4 heterocycles. The van der Waals surface area contributed by atoms with Gasteiger partial charge in [-0.25, -0.2) is 18.6 Å². The summed E-state index contributed by atoms with van der Waals surface area (Å²) in [5, 5.41) is 4.05. The Bertz CT molecular complexity index is 1560. The average molecular weight is 613 g/mol. The molecule has 0 unspecified atom stereocenters. The number of pyridine rings is 1. The first-order valence-electron chi connectivity index (χ1n) is 15.3. The highest BCUT2D eigenvalue weighted by molar-refractivity contribution is 6.30. The number of nitrogens with zero attached hydrogens (tertiary/aromatic N) is 5. The van der Waals surface area contributed by atoms with Gasteiger partial charge in [-0.15, -0.1) is 0 Å². The second kappa shape index (κ2) is 12.1. The van der Waals surface area contributed by atoms with Crippen LogP contribution in [0.3, 0.4) is 0 Å². The van der Waals surface area contributed by atoms with E-state index in [1.807, 2.05) is 4.90 Å². The minimum absolute atomic E-state index is 0.0977. The minimum Gasteiger partial charge on any atom is -0.321 e. The lowest BCUT2D eigenvalue weighted by atomic mass is 9.89. The number of nitrogens with one attached hydrogen (secondary N) is 1. The predicted octanol–water partition coefficient (Wildman–Crippen LogP) is 5.38. The maximum absolute atomic E-state index is 15.1. The second-order valence-corrected chi connectivity index (χ2v) is 13.1. The van der Waals surface area contributed by atoms with Gasteiger partial charge in [-0.05, 0) is 49.9 Å². The highest BCUT2D eigenvalue weighted by Crippen LogP contribution is 2.40. The number of urea groups is 1. The fraction of sp³-hybridized carbons (Fsp3) is 0.531. The van der Waals surface area contributed by atoms with Crippen molar-refractivity contribution in [1.29, 1.82) is 0 Å². The van der Waals surface area contributed by atoms with E-state index in [4.69, 9.17) is 11.6 Å². The van der Waals surface area contributed by atoms with Gasteiger partial charge in [-0.1, -0.05) is 38.3 Å². The van der Waals surface area contributed by atoms with Crippen LogP contribution in [0.2, 0.25) is 5.02 Å². The van der Waals surface area contributed by atoms with Gasteiger partial charge in [-0.2, -0.15) is 0 Å². The Balaban J connectivity index is 1.24. The van der Waals surface area contributed by atoms with Crippen LogP contribution in [0.5, 0.6) is 0 Å². The van der Waals surface area contributed by atoms with Gasteiger partial charge < -0.3 is 15.1 Å². The summed E-state index contributed by atoms with van der Waals surface area (Å²) in [6, 6.07) is 6.48. The zero-order chi connectivity index (χ0) is 30.3. The van der Waals surface area contributed by atoms with Crippen molar-refractivity contribution in [3.63, 3.8) is 0 Å². The maximum Gasteiger partial charge on any atom is 0.320 e. The van der Waals surface area contributed by atoms with Crippen LogP contribution in [0.4, 0.5) is 13.6 Å². The number of carbonyl (C=O) groups excluding carboxylic acids is 1. The lowest BCUT2D eigenvalue weighted by molar-refractivity contribution is -0.00264. The molecule has 1 saturated carbocycles. The van der Waals surface area contributed by atoms with Crippen LogP contribution in [-0.2, 0) is 6.54 Å². The molecule has 3 fully saturated rings. The number of fused-ring (bicyclic) bond motifs is 1. The monoisotopic (exact) mass is 612 g/mol. The number of aromatic nitrogens is 2. The van der Waals surface area contributed by atoms with E-state index >= 15 is 4.39 Å². The number of benzene rings is 1. The van der Waals surface area contributed by atoms with Crippen LogP contribution >= 0.6 is 11.6 Å². The lowest BCUT2D eigenvalue weighted by Crippen LogP contribution is -2.64. The molecule has 3 aliphatic rings. The van der Waals surface area contributed by atoms with E-state index in [0.29, 0.717) is 55.4 Å². The van der Waals surface area contributed by atoms with E-state index in [9.17, 15) is 14.0 Å². The number of rotatable bonds is 5. The number of piperidine rings is 1. The number of hydrogen-bond donors (Lipinski definition) is 1. The fourth-order valence-electron chi connectivity index (χ4n) is 7.40. The Morgan fingerprint density at radius 2 is 1.93 bits per heavy atom. The van der Waals surface area contributed by atoms with Crippen molar-refractivity contribution in [3.8, 4) is 0 Å². The molecule has 2 aromatic heterocycles. The van der Waals surface area contributed by atoms with E-state index in [1.54, 1.807) is 29.4 Å². The van der Waals surface area contributed by atoms with Crippen molar-refractivity contribution < 1.29 is 13.6 Å². The van der Waals surface area contributed by atoms with Gasteiger partial charge in [0.1, 0.15) is 17.3 Å². The highest BCUT2D eigenvalue weighted by Gasteiger charge is 2.47. The molecule has 230 valence electrons. The Morgan fingerprint density at radius 3 is 2.70 bits per heavy atom. The Hall–Kier alpha value is -3.08. The van der Waals surface area contributed by atoms with Crippen LogP contribution in [0.15, 0.2) is 47.5 Å². The molecule has 11 heteroatoms. The van der Waals surface area contributed by atoms with Gasteiger partial charge in [0, 0.05) is 79.4 Å². The van der Waals surface area contributed by atoms with Gasteiger partial charge in [0.2, 0.25) is 0 Å². The Kier molecular flexibility index (Phi) is 8.45. The topological polar surface area (TPSA) is 73.2 Å². The Labute approximate surface area is 255 Å². The van der Waals surface area contributed by atoms with E-state index in [1.165, 1.54) is 10.5 Å². The van der Waals surface area contributed by atoms with Crippen LogP contribution < -0.4 is 10.9 Å². The van der Waals surface area contributed by atoms with Crippen molar-refractivity contribution in [3.05, 3.63) is 80.9 Å². The number of piperazine rings is 1. The molecule has 1 aliphatic carbocycles. The predicted molar refractivity (Wildman–Crippen MR) is 162 cm³/mol. The molecule has 6 rings (SSSR count). The summed E-state index contributed by atoms with van der Waals surface area (Å²) >= 11 is 6.09. The molecule has 1 aromatic carbocycles. The van der Waals surface area contributed by atoms with Gasteiger partial charge in [-0.3, -0.25) is 14.1 Å². The van der Waals surface area contributed by atoms with Gasteiger partial charge in [0.15, 0.2) is 0 Å². The molecule has 43 heavy (non-hydrogen) atoms. The average Bonchev–Trinajstić information content (AvgIpc) is 3.44. The van der Waals surface area contributed by atoms with Crippen LogP contribution in [0, 0.1) is 11.6 Å². The number of carbonyl (C=O) groups is 1. The smallest absolute Gasteiger partial charge is 0.320 e. The van der Waals surface area contributed by atoms with E-state index in [-0.39, 0.29) is 34.8 Å².